The number of hydrogen-bond donors (Lipinski definition) is 1. The van der Waals surface area contributed by atoms with Gasteiger partial charge in [0.1, 0.15) is 12.4 Å². The monoisotopic (exact) mass is 508 g/mol. The van der Waals surface area contributed by atoms with E-state index in [0.29, 0.717) is 41.5 Å². The number of aliphatic hydroxyl groups is 1. The van der Waals surface area contributed by atoms with Gasteiger partial charge in [-0.25, -0.2) is 8.78 Å². The van der Waals surface area contributed by atoms with Crippen LogP contribution in [0.4, 0.5) is 14.5 Å². The van der Waals surface area contributed by atoms with Crippen molar-refractivity contribution in [3.8, 4) is 17.0 Å². The molecule has 2 aliphatic heterocycles. The quantitative estimate of drug-likeness (QED) is 0.445. The first-order valence-electron chi connectivity index (χ1n) is 12.5. The van der Waals surface area contributed by atoms with Crippen LogP contribution < -0.4 is 9.64 Å². The fourth-order valence-electron chi connectivity index (χ4n) is 4.92. The summed E-state index contributed by atoms with van der Waals surface area (Å²) in [5.41, 5.74) is 3.61. The molecular formula is C29H30F2N2O4. The highest BCUT2D eigenvalue weighted by Gasteiger charge is 2.34. The van der Waals surface area contributed by atoms with E-state index in [1.807, 2.05) is 30.3 Å². The van der Waals surface area contributed by atoms with E-state index in [2.05, 4.69) is 0 Å². The Morgan fingerprint density at radius 1 is 1.16 bits per heavy atom. The SMILES string of the molecule is CC(C)(O)c1ccc(N2Cc3c(cc(C4CCCOC4)nc3-c3ccccc3OCC(F)F)C2=O)cc1. The normalized spacial score (nSPS) is 17.8. The minimum Gasteiger partial charge on any atom is -0.487 e. The minimum absolute atomic E-state index is 0.0415. The van der Waals surface area contributed by atoms with Crippen LogP contribution in [0.15, 0.2) is 54.6 Å². The number of rotatable bonds is 7. The van der Waals surface area contributed by atoms with Crippen LogP contribution in [0.1, 0.15) is 59.8 Å². The van der Waals surface area contributed by atoms with E-state index in [1.165, 1.54) is 0 Å². The van der Waals surface area contributed by atoms with Gasteiger partial charge in [-0.1, -0.05) is 24.3 Å². The zero-order valence-corrected chi connectivity index (χ0v) is 20.9. The molecule has 3 heterocycles. The summed E-state index contributed by atoms with van der Waals surface area (Å²) in [5, 5.41) is 10.3. The standard InChI is InChI=1S/C29H30F2N2O4/c1-29(2,35)19-9-11-20(12-10-19)33-15-23-22(28(33)34)14-24(18-6-5-13-36-16-18)32-27(23)21-7-3-4-8-25(21)37-17-26(30)31/h3-4,7-12,14,18,26,35H,5-6,13,15-17H2,1-2H3. The summed E-state index contributed by atoms with van der Waals surface area (Å²) in [6.45, 7) is 4.19. The van der Waals surface area contributed by atoms with Gasteiger partial charge in [-0.05, 0) is 62.6 Å². The van der Waals surface area contributed by atoms with Crippen LogP contribution in [0.25, 0.3) is 11.3 Å². The fourth-order valence-corrected chi connectivity index (χ4v) is 4.92. The topological polar surface area (TPSA) is 71.9 Å². The molecule has 6 nitrogen and oxygen atoms in total. The van der Waals surface area contributed by atoms with E-state index in [0.717, 1.165) is 29.7 Å². The van der Waals surface area contributed by atoms with Gasteiger partial charge in [0, 0.05) is 40.6 Å². The van der Waals surface area contributed by atoms with Gasteiger partial charge in [0.15, 0.2) is 0 Å². The molecular weight excluding hydrogens is 478 g/mol. The van der Waals surface area contributed by atoms with Crippen LogP contribution in [0.5, 0.6) is 5.75 Å². The van der Waals surface area contributed by atoms with Crippen molar-refractivity contribution in [1.29, 1.82) is 0 Å². The Hall–Kier alpha value is -3.36. The van der Waals surface area contributed by atoms with Gasteiger partial charge in [0.05, 0.1) is 24.4 Å². The summed E-state index contributed by atoms with van der Waals surface area (Å²) >= 11 is 0. The van der Waals surface area contributed by atoms with Gasteiger partial charge in [0.25, 0.3) is 12.3 Å². The molecule has 1 atom stereocenters. The van der Waals surface area contributed by atoms with Crippen molar-refractivity contribution in [2.75, 3.05) is 24.7 Å². The smallest absolute Gasteiger partial charge is 0.272 e. The van der Waals surface area contributed by atoms with Crippen LogP contribution in [0.3, 0.4) is 0 Å². The van der Waals surface area contributed by atoms with Gasteiger partial charge < -0.3 is 19.5 Å². The number of carbonyl (C=O) groups excluding carboxylic acids is 1. The first kappa shape index (κ1) is 25.3. The summed E-state index contributed by atoms with van der Waals surface area (Å²) in [6, 6.07) is 16.1. The summed E-state index contributed by atoms with van der Waals surface area (Å²) in [7, 11) is 0. The Bertz CT molecular complexity index is 1280. The van der Waals surface area contributed by atoms with Gasteiger partial charge in [-0.3, -0.25) is 9.78 Å². The largest absolute Gasteiger partial charge is 0.487 e. The minimum atomic E-state index is -2.61. The lowest BCUT2D eigenvalue weighted by Gasteiger charge is -2.23. The highest BCUT2D eigenvalue weighted by atomic mass is 19.3. The molecule has 1 fully saturated rings. The highest BCUT2D eigenvalue weighted by Crippen LogP contribution is 2.40. The number of aromatic nitrogens is 1. The number of benzene rings is 2. The molecule has 0 radical (unpaired) electrons. The summed E-state index contributed by atoms with van der Waals surface area (Å²) in [4.78, 5) is 20.3. The maximum absolute atomic E-state index is 13.7. The Morgan fingerprint density at radius 3 is 2.59 bits per heavy atom. The molecule has 2 aliphatic rings. The summed E-state index contributed by atoms with van der Waals surface area (Å²) in [5.74, 6) is 0.188. The molecule has 194 valence electrons. The van der Waals surface area contributed by atoms with Gasteiger partial charge in [-0.2, -0.15) is 0 Å². The third-order valence-electron chi connectivity index (χ3n) is 6.91. The average molecular weight is 509 g/mol. The number of hydrogen-bond acceptors (Lipinski definition) is 5. The first-order valence-corrected chi connectivity index (χ1v) is 12.5. The number of fused-ring (bicyclic) bond motifs is 1. The molecule has 0 spiro atoms. The number of carbonyl (C=O) groups is 1. The number of ether oxygens (including phenoxy) is 2. The van der Waals surface area contributed by atoms with Crippen molar-refractivity contribution >= 4 is 11.6 Å². The lowest BCUT2D eigenvalue weighted by atomic mass is 9.94. The van der Waals surface area contributed by atoms with Crippen molar-refractivity contribution in [2.45, 2.75) is 51.2 Å². The van der Waals surface area contributed by atoms with Crippen molar-refractivity contribution in [3.05, 3.63) is 77.0 Å². The maximum atomic E-state index is 13.7. The predicted octanol–water partition coefficient (Wildman–Crippen LogP) is 5.67. The molecule has 1 aromatic heterocycles. The Kier molecular flexibility index (Phi) is 6.96. The molecule has 37 heavy (non-hydrogen) atoms. The highest BCUT2D eigenvalue weighted by molar-refractivity contribution is 6.11. The number of anilines is 1. The number of halogens is 2. The van der Waals surface area contributed by atoms with E-state index in [-0.39, 0.29) is 18.4 Å². The van der Waals surface area contributed by atoms with Crippen molar-refractivity contribution in [3.63, 3.8) is 0 Å². The van der Waals surface area contributed by atoms with Crippen molar-refractivity contribution < 1.29 is 28.2 Å². The number of pyridine rings is 1. The van der Waals surface area contributed by atoms with Crippen LogP contribution in [0.2, 0.25) is 0 Å². The second kappa shape index (κ2) is 10.2. The lowest BCUT2D eigenvalue weighted by molar-refractivity contribution is 0.0785. The van der Waals surface area contributed by atoms with Gasteiger partial charge in [0.2, 0.25) is 0 Å². The van der Waals surface area contributed by atoms with Gasteiger partial charge >= 0.3 is 0 Å². The molecule has 0 saturated carbocycles. The maximum Gasteiger partial charge on any atom is 0.272 e. The third kappa shape index (κ3) is 5.22. The van der Waals surface area contributed by atoms with Crippen LogP contribution in [0, 0.1) is 0 Å². The second-order valence-corrected chi connectivity index (χ2v) is 10.0. The molecule has 0 bridgehead atoms. The lowest BCUT2D eigenvalue weighted by Crippen LogP contribution is -2.23. The molecule has 1 amide bonds. The van der Waals surface area contributed by atoms with Crippen molar-refractivity contribution in [2.24, 2.45) is 0 Å². The van der Waals surface area contributed by atoms with E-state index in [9.17, 15) is 18.7 Å². The molecule has 1 unspecified atom stereocenters. The molecule has 1 saturated heterocycles. The molecule has 2 aromatic carbocycles. The third-order valence-corrected chi connectivity index (χ3v) is 6.91. The van der Waals surface area contributed by atoms with E-state index in [1.54, 1.807) is 43.0 Å². The zero-order valence-electron chi connectivity index (χ0n) is 20.9. The molecule has 8 heteroatoms. The Morgan fingerprint density at radius 2 is 1.92 bits per heavy atom. The number of alkyl halides is 2. The molecule has 3 aromatic rings. The van der Waals surface area contributed by atoms with Gasteiger partial charge in [-0.15, -0.1) is 0 Å². The number of nitrogens with zero attached hydrogens (tertiary/aromatic N) is 2. The predicted molar refractivity (Wildman–Crippen MR) is 136 cm³/mol. The molecule has 0 aliphatic carbocycles. The van der Waals surface area contributed by atoms with E-state index in [4.69, 9.17) is 14.5 Å². The van der Waals surface area contributed by atoms with Crippen molar-refractivity contribution in [1.82, 2.24) is 4.98 Å². The fraction of sp³-hybridized carbons (Fsp3) is 0.379. The first-order chi connectivity index (χ1) is 17.7. The summed E-state index contributed by atoms with van der Waals surface area (Å²) in [6.07, 6.45) is -0.813. The van der Waals surface area contributed by atoms with Crippen LogP contribution in [-0.4, -0.2) is 42.2 Å². The van der Waals surface area contributed by atoms with Crippen LogP contribution in [-0.2, 0) is 16.9 Å². The average Bonchev–Trinajstić information content (AvgIpc) is 3.23. The van der Waals surface area contributed by atoms with Crippen LogP contribution >= 0.6 is 0 Å². The Labute approximate surface area is 214 Å². The second-order valence-electron chi connectivity index (χ2n) is 10.0. The van der Waals surface area contributed by atoms with E-state index < -0.39 is 18.6 Å². The zero-order chi connectivity index (χ0) is 26.2. The molecule has 1 N–H and O–H groups in total. The number of para-hydroxylation sites is 1. The number of amides is 1. The summed E-state index contributed by atoms with van der Waals surface area (Å²) < 4.78 is 37.0. The molecule has 5 rings (SSSR count). The Balaban J connectivity index is 1.58. The van der Waals surface area contributed by atoms with E-state index >= 15 is 0 Å².